The maximum Gasteiger partial charge on any atom is 0.302 e. The van der Waals surface area contributed by atoms with Crippen molar-refractivity contribution in [3.05, 3.63) is 0 Å². The average molecular weight is 209 g/mol. The molecular formula is C9H17ClO3. The highest BCUT2D eigenvalue weighted by Crippen LogP contribution is 2.02. The summed E-state index contributed by atoms with van der Waals surface area (Å²) in [6.07, 6.45) is 3.29. The smallest absolute Gasteiger partial charge is 0.302 e. The van der Waals surface area contributed by atoms with Crippen LogP contribution in [-0.4, -0.2) is 24.7 Å². The van der Waals surface area contributed by atoms with Gasteiger partial charge in [0.25, 0.3) is 0 Å². The molecule has 0 N–H and O–H groups in total. The van der Waals surface area contributed by atoms with E-state index in [1.807, 2.05) is 0 Å². The lowest BCUT2D eigenvalue weighted by Crippen LogP contribution is -2.16. The number of carbonyl (C=O) groups is 1. The van der Waals surface area contributed by atoms with Gasteiger partial charge < -0.3 is 9.47 Å². The van der Waals surface area contributed by atoms with Crippen molar-refractivity contribution in [3.63, 3.8) is 0 Å². The molecule has 0 rings (SSSR count). The van der Waals surface area contributed by atoms with Crippen LogP contribution in [0.4, 0.5) is 0 Å². The van der Waals surface area contributed by atoms with Gasteiger partial charge in [-0.2, -0.15) is 0 Å². The lowest BCUT2D eigenvalue weighted by Gasteiger charge is -2.10. The summed E-state index contributed by atoms with van der Waals surface area (Å²) in [4.78, 5) is 10.4. The Balaban J connectivity index is 3.19. The molecule has 0 aliphatic carbocycles. The maximum absolute atomic E-state index is 10.4. The zero-order chi connectivity index (χ0) is 10.1. The summed E-state index contributed by atoms with van der Waals surface area (Å²) in [6, 6.07) is 0. The highest BCUT2D eigenvalue weighted by atomic mass is 35.5. The molecule has 0 aliphatic heterocycles. The largest absolute Gasteiger partial charge is 0.462 e. The zero-order valence-corrected chi connectivity index (χ0v) is 8.97. The van der Waals surface area contributed by atoms with Crippen molar-refractivity contribution in [2.75, 3.05) is 13.2 Å². The summed E-state index contributed by atoms with van der Waals surface area (Å²) >= 11 is 5.70. The van der Waals surface area contributed by atoms with Gasteiger partial charge in [-0.15, -0.1) is 0 Å². The Morgan fingerprint density at radius 1 is 1.46 bits per heavy atom. The fourth-order valence-corrected chi connectivity index (χ4v) is 0.946. The summed E-state index contributed by atoms with van der Waals surface area (Å²) in [7, 11) is 0. The number of carbonyl (C=O) groups excluding carboxylic acids is 1. The highest BCUT2D eigenvalue weighted by Gasteiger charge is 2.05. The fraction of sp³-hybridized carbons (Fsp3) is 0.889. The maximum atomic E-state index is 10.4. The number of esters is 1. The van der Waals surface area contributed by atoms with Gasteiger partial charge in [-0.1, -0.05) is 31.4 Å². The predicted molar refractivity (Wildman–Crippen MR) is 51.8 cm³/mol. The van der Waals surface area contributed by atoms with E-state index in [2.05, 4.69) is 11.7 Å². The van der Waals surface area contributed by atoms with E-state index in [9.17, 15) is 4.79 Å². The van der Waals surface area contributed by atoms with Crippen molar-refractivity contribution in [1.29, 1.82) is 0 Å². The third kappa shape index (κ3) is 9.64. The molecule has 0 saturated heterocycles. The van der Waals surface area contributed by atoms with E-state index in [0.29, 0.717) is 6.61 Å². The van der Waals surface area contributed by atoms with E-state index >= 15 is 0 Å². The second-order valence-corrected chi connectivity index (χ2v) is 3.28. The lowest BCUT2D eigenvalue weighted by atomic mass is 10.3. The van der Waals surface area contributed by atoms with Crippen molar-refractivity contribution in [3.8, 4) is 0 Å². The Labute approximate surface area is 84.4 Å². The number of rotatable bonds is 7. The number of ether oxygens (including phenoxy) is 2. The molecule has 13 heavy (non-hydrogen) atoms. The normalized spacial score (nSPS) is 12.5. The quantitative estimate of drug-likeness (QED) is 0.366. The van der Waals surface area contributed by atoms with Crippen LogP contribution in [0.25, 0.3) is 0 Å². The molecule has 0 fully saturated rings. The van der Waals surface area contributed by atoms with Crippen LogP contribution < -0.4 is 0 Å². The topological polar surface area (TPSA) is 35.5 Å². The predicted octanol–water partition coefficient (Wildman–Crippen LogP) is 2.32. The Hall–Kier alpha value is -0.280. The van der Waals surface area contributed by atoms with E-state index in [1.165, 1.54) is 6.92 Å². The van der Waals surface area contributed by atoms with Crippen molar-refractivity contribution in [1.82, 2.24) is 0 Å². The van der Waals surface area contributed by atoms with Gasteiger partial charge in [0.05, 0.1) is 0 Å². The van der Waals surface area contributed by atoms with Crippen LogP contribution in [-0.2, 0) is 14.3 Å². The highest BCUT2D eigenvalue weighted by molar-refractivity contribution is 6.19. The summed E-state index contributed by atoms with van der Waals surface area (Å²) in [5.74, 6) is -0.331. The third-order valence-electron chi connectivity index (χ3n) is 1.46. The first-order valence-electron chi connectivity index (χ1n) is 4.55. The average Bonchev–Trinajstić information content (AvgIpc) is 2.09. The van der Waals surface area contributed by atoms with Crippen molar-refractivity contribution < 1.29 is 14.3 Å². The van der Waals surface area contributed by atoms with Crippen LogP contribution in [0.5, 0.6) is 0 Å². The lowest BCUT2D eigenvalue weighted by molar-refractivity contribution is -0.143. The van der Waals surface area contributed by atoms with E-state index in [-0.39, 0.29) is 12.6 Å². The minimum absolute atomic E-state index is 0.128. The molecular weight excluding hydrogens is 192 g/mol. The molecule has 0 saturated carbocycles. The fourth-order valence-electron chi connectivity index (χ4n) is 0.794. The van der Waals surface area contributed by atoms with Crippen molar-refractivity contribution in [2.24, 2.45) is 0 Å². The van der Waals surface area contributed by atoms with Gasteiger partial charge >= 0.3 is 5.97 Å². The molecule has 0 heterocycles. The van der Waals surface area contributed by atoms with Crippen LogP contribution >= 0.6 is 11.6 Å². The number of alkyl halides is 1. The van der Waals surface area contributed by atoms with Gasteiger partial charge in [-0.3, -0.25) is 4.79 Å². The standard InChI is InChI=1S/C9H17ClO3/c1-3-4-5-6-12-9(10)7-13-8(2)11/h9H,3-7H2,1-2H3. The van der Waals surface area contributed by atoms with E-state index in [1.54, 1.807) is 0 Å². The SMILES string of the molecule is CCCCCOC(Cl)COC(C)=O. The molecule has 0 aromatic heterocycles. The van der Waals surface area contributed by atoms with Gasteiger partial charge in [0.1, 0.15) is 6.61 Å². The molecule has 3 nitrogen and oxygen atoms in total. The summed E-state index contributed by atoms with van der Waals surface area (Å²) in [6.45, 7) is 4.23. The molecule has 0 spiro atoms. The molecule has 0 aromatic carbocycles. The molecule has 0 aliphatic rings. The Morgan fingerprint density at radius 2 is 2.15 bits per heavy atom. The first kappa shape index (κ1) is 12.7. The molecule has 0 radical (unpaired) electrons. The first-order valence-corrected chi connectivity index (χ1v) is 4.99. The molecule has 78 valence electrons. The third-order valence-corrected chi connectivity index (χ3v) is 1.72. The minimum atomic E-state index is -0.513. The number of hydrogen-bond donors (Lipinski definition) is 0. The summed E-state index contributed by atoms with van der Waals surface area (Å²) in [5.41, 5.74) is -0.513. The van der Waals surface area contributed by atoms with Gasteiger partial charge in [-0.05, 0) is 6.42 Å². The van der Waals surface area contributed by atoms with E-state index in [0.717, 1.165) is 19.3 Å². The second kappa shape index (κ2) is 8.32. The van der Waals surface area contributed by atoms with E-state index < -0.39 is 5.56 Å². The zero-order valence-electron chi connectivity index (χ0n) is 8.22. The monoisotopic (exact) mass is 208 g/mol. The van der Waals surface area contributed by atoms with Crippen LogP contribution in [0.1, 0.15) is 33.1 Å². The summed E-state index contributed by atoms with van der Waals surface area (Å²) < 4.78 is 9.85. The Bertz CT molecular complexity index is 139. The Kier molecular flexibility index (Phi) is 8.14. The molecule has 0 aromatic rings. The number of hydrogen-bond acceptors (Lipinski definition) is 3. The number of halogens is 1. The van der Waals surface area contributed by atoms with Gasteiger partial charge in [0, 0.05) is 13.5 Å². The molecule has 4 heteroatoms. The molecule has 1 atom stereocenters. The van der Waals surface area contributed by atoms with Crippen LogP contribution in [0, 0.1) is 0 Å². The second-order valence-electron chi connectivity index (χ2n) is 2.79. The Morgan fingerprint density at radius 3 is 2.69 bits per heavy atom. The minimum Gasteiger partial charge on any atom is -0.462 e. The first-order chi connectivity index (χ1) is 6.16. The van der Waals surface area contributed by atoms with Crippen LogP contribution in [0.2, 0.25) is 0 Å². The van der Waals surface area contributed by atoms with Crippen molar-refractivity contribution >= 4 is 17.6 Å². The molecule has 0 bridgehead atoms. The molecule has 0 amide bonds. The van der Waals surface area contributed by atoms with E-state index in [4.69, 9.17) is 16.3 Å². The van der Waals surface area contributed by atoms with Gasteiger partial charge in [0.2, 0.25) is 0 Å². The number of unbranched alkanes of at least 4 members (excludes halogenated alkanes) is 2. The van der Waals surface area contributed by atoms with Gasteiger partial charge in [-0.25, -0.2) is 0 Å². The summed E-state index contributed by atoms with van der Waals surface area (Å²) in [5, 5.41) is 0. The van der Waals surface area contributed by atoms with Gasteiger partial charge in [0.15, 0.2) is 5.56 Å². The molecule has 1 unspecified atom stereocenters. The van der Waals surface area contributed by atoms with Crippen LogP contribution in [0.3, 0.4) is 0 Å². The van der Waals surface area contributed by atoms with Crippen LogP contribution in [0.15, 0.2) is 0 Å². The van der Waals surface area contributed by atoms with Crippen molar-refractivity contribution in [2.45, 2.75) is 38.7 Å².